The lowest BCUT2D eigenvalue weighted by Crippen LogP contribution is -1.96. The third-order valence-corrected chi connectivity index (χ3v) is 4.32. The van der Waals surface area contributed by atoms with Gasteiger partial charge in [0.05, 0.1) is 28.4 Å². The highest BCUT2D eigenvalue weighted by molar-refractivity contribution is 5.86. The van der Waals surface area contributed by atoms with Gasteiger partial charge in [-0.25, -0.2) is 0 Å². The quantitative estimate of drug-likeness (QED) is 0.623. The molecule has 4 heteroatoms. The third-order valence-electron chi connectivity index (χ3n) is 4.32. The lowest BCUT2D eigenvalue weighted by Gasteiger charge is -2.18. The van der Waals surface area contributed by atoms with E-state index in [1.807, 2.05) is 60.7 Å². The molecule has 0 radical (unpaired) electrons. The van der Waals surface area contributed by atoms with Crippen LogP contribution >= 0.6 is 0 Å². The minimum Gasteiger partial charge on any atom is -0.496 e. The molecule has 134 valence electrons. The molecule has 0 fully saturated rings. The first-order valence-electron chi connectivity index (χ1n) is 8.26. The predicted octanol–water partition coefficient (Wildman–Crippen LogP) is 5.06. The Kier molecular flexibility index (Phi) is 5.32. The Labute approximate surface area is 153 Å². The molecule has 0 aromatic heterocycles. The van der Waals surface area contributed by atoms with Crippen molar-refractivity contribution in [1.82, 2.24) is 0 Å². The van der Waals surface area contributed by atoms with E-state index >= 15 is 0 Å². The average molecular weight is 350 g/mol. The zero-order chi connectivity index (χ0) is 18.5. The zero-order valence-corrected chi connectivity index (χ0v) is 15.4. The van der Waals surface area contributed by atoms with E-state index in [1.54, 1.807) is 28.4 Å². The van der Waals surface area contributed by atoms with Crippen LogP contribution in [-0.4, -0.2) is 28.4 Å². The summed E-state index contributed by atoms with van der Waals surface area (Å²) < 4.78 is 22.3. The van der Waals surface area contributed by atoms with Gasteiger partial charge < -0.3 is 18.9 Å². The van der Waals surface area contributed by atoms with Gasteiger partial charge in [0, 0.05) is 28.3 Å². The van der Waals surface area contributed by atoms with E-state index in [9.17, 15) is 0 Å². The molecule has 3 rings (SSSR count). The van der Waals surface area contributed by atoms with Gasteiger partial charge in [-0.3, -0.25) is 0 Å². The molecule has 0 spiro atoms. The minimum absolute atomic E-state index is 0.713. The normalized spacial score (nSPS) is 10.3. The molecule has 0 bridgehead atoms. The maximum absolute atomic E-state index is 5.62. The highest BCUT2D eigenvalue weighted by Crippen LogP contribution is 2.45. The van der Waals surface area contributed by atoms with Crippen LogP contribution < -0.4 is 18.9 Å². The van der Waals surface area contributed by atoms with Crippen molar-refractivity contribution in [3.63, 3.8) is 0 Å². The van der Waals surface area contributed by atoms with E-state index in [0.717, 1.165) is 33.8 Å². The fourth-order valence-electron chi connectivity index (χ4n) is 3.05. The monoisotopic (exact) mass is 350 g/mol. The zero-order valence-electron chi connectivity index (χ0n) is 15.4. The summed E-state index contributed by atoms with van der Waals surface area (Å²) in [6.07, 6.45) is 0. The molecular formula is C22H22O4. The smallest absolute Gasteiger partial charge is 0.130 e. The molecule has 0 saturated heterocycles. The van der Waals surface area contributed by atoms with Crippen LogP contribution in [0.5, 0.6) is 23.0 Å². The van der Waals surface area contributed by atoms with Gasteiger partial charge >= 0.3 is 0 Å². The Morgan fingerprint density at radius 3 is 1.19 bits per heavy atom. The molecule has 0 saturated carbocycles. The number of para-hydroxylation sites is 2. The number of benzene rings is 3. The SMILES string of the molecule is COc1ccccc1-c1cc(-c2ccccc2OC)c(OC)cc1OC. The molecule has 0 atom stereocenters. The Morgan fingerprint density at radius 1 is 0.423 bits per heavy atom. The highest BCUT2D eigenvalue weighted by atomic mass is 16.5. The van der Waals surface area contributed by atoms with Crippen molar-refractivity contribution in [3.8, 4) is 45.3 Å². The molecule has 0 amide bonds. The molecule has 0 heterocycles. The van der Waals surface area contributed by atoms with Crippen molar-refractivity contribution < 1.29 is 18.9 Å². The second-order valence-electron chi connectivity index (χ2n) is 5.65. The summed E-state index contributed by atoms with van der Waals surface area (Å²) in [6, 6.07) is 19.7. The van der Waals surface area contributed by atoms with E-state index in [2.05, 4.69) is 0 Å². The van der Waals surface area contributed by atoms with Crippen LogP contribution in [0.4, 0.5) is 0 Å². The van der Waals surface area contributed by atoms with E-state index in [4.69, 9.17) is 18.9 Å². The first-order chi connectivity index (χ1) is 12.7. The summed E-state index contributed by atoms with van der Waals surface area (Å²) in [5.74, 6) is 2.99. The van der Waals surface area contributed by atoms with Gasteiger partial charge in [-0.1, -0.05) is 36.4 Å². The summed E-state index contributed by atoms with van der Waals surface area (Å²) in [6.45, 7) is 0. The summed E-state index contributed by atoms with van der Waals surface area (Å²) in [5.41, 5.74) is 3.75. The first-order valence-corrected chi connectivity index (χ1v) is 8.26. The number of hydrogen-bond donors (Lipinski definition) is 0. The second-order valence-corrected chi connectivity index (χ2v) is 5.65. The predicted molar refractivity (Wildman–Crippen MR) is 104 cm³/mol. The Hall–Kier alpha value is -3.14. The van der Waals surface area contributed by atoms with Gasteiger partial charge in [0.15, 0.2) is 0 Å². The van der Waals surface area contributed by atoms with Crippen LogP contribution in [0, 0.1) is 0 Å². The van der Waals surface area contributed by atoms with Gasteiger partial charge in [-0.15, -0.1) is 0 Å². The van der Waals surface area contributed by atoms with Gasteiger partial charge in [0.25, 0.3) is 0 Å². The number of ether oxygens (including phenoxy) is 4. The maximum Gasteiger partial charge on any atom is 0.130 e. The van der Waals surface area contributed by atoms with E-state index < -0.39 is 0 Å². The number of rotatable bonds is 6. The second kappa shape index (κ2) is 7.83. The van der Waals surface area contributed by atoms with Crippen LogP contribution in [0.3, 0.4) is 0 Å². The Bertz CT molecular complexity index is 832. The summed E-state index contributed by atoms with van der Waals surface area (Å²) in [5, 5.41) is 0. The standard InChI is InChI=1S/C22H22O4/c1-23-19-11-7-5-9-15(19)17-13-18(22(26-4)14-21(17)25-3)16-10-6-8-12-20(16)24-2/h5-14H,1-4H3. The molecule has 0 unspecified atom stereocenters. The number of hydrogen-bond acceptors (Lipinski definition) is 4. The lowest BCUT2D eigenvalue weighted by atomic mass is 9.96. The maximum atomic E-state index is 5.62. The van der Waals surface area contributed by atoms with Crippen molar-refractivity contribution in [2.45, 2.75) is 0 Å². The van der Waals surface area contributed by atoms with E-state index in [-0.39, 0.29) is 0 Å². The first kappa shape index (κ1) is 17.7. The molecule has 0 N–H and O–H groups in total. The Morgan fingerprint density at radius 2 is 0.808 bits per heavy atom. The molecule has 0 aliphatic rings. The molecule has 3 aromatic rings. The van der Waals surface area contributed by atoms with Crippen molar-refractivity contribution in [3.05, 3.63) is 60.7 Å². The van der Waals surface area contributed by atoms with Crippen LogP contribution in [0.1, 0.15) is 0 Å². The van der Waals surface area contributed by atoms with E-state index in [1.165, 1.54) is 0 Å². The molecular weight excluding hydrogens is 328 g/mol. The van der Waals surface area contributed by atoms with E-state index in [0.29, 0.717) is 11.5 Å². The van der Waals surface area contributed by atoms with Gasteiger partial charge in [-0.2, -0.15) is 0 Å². The average Bonchev–Trinajstić information content (AvgIpc) is 2.72. The molecule has 0 aliphatic carbocycles. The van der Waals surface area contributed by atoms with Crippen LogP contribution in [0.25, 0.3) is 22.3 Å². The van der Waals surface area contributed by atoms with Gasteiger partial charge in [-0.05, 0) is 18.2 Å². The molecule has 4 nitrogen and oxygen atoms in total. The molecule has 3 aromatic carbocycles. The van der Waals surface area contributed by atoms with Gasteiger partial charge in [0.2, 0.25) is 0 Å². The number of methoxy groups -OCH3 is 4. The fourth-order valence-corrected chi connectivity index (χ4v) is 3.05. The van der Waals surface area contributed by atoms with Gasteiger partial charge in [0.1, 0.15) is 23.0 Å². The van der Waals surface area contributed by atoms with Crippen LogP contribution in [0.2, 0.25) is 0 Å². The van der Waals surface area contributed by atoms with Crippen LogP contribution in [0.15, 0.2) is 60.7 Å². The van der Waals surface area contributed by atoms with Crippen molar-refractivity contribution in [2.75, 3.05) is 28.4 Å². The summed E-state index contributed by atoms with van der Waals surface area (Å²) >= 11 is 0. The van der Waals surface area contributed by atoms with Crippen molar-refractivity contribution in [2.24, 2.45) is 0 Å². The fraction of sp³-hybridized carbons (Fsp3) is 0.182. The molecule has 0 aliphatic heterocycles. The third kappa shape index (κ3) is 3.18. The molecule has 26 heavy (non-hydrogen) atoms. The van der Waals surface area contributed by atoms with Crippen molar-refractivity contribution >= 4 is 0 Å². The van der Waals surface area contributed by atoms with Crippen molar-refractivity contribution in [1.29, 1.82) is 0 Å². The summed E-state index contributed by atoms with van der Waals surface area (Å²) in [7, 11) is 6.62. The minimum atomic E-state index is 0.713. The highest BCUT2D eigenvalue weighted by Gasteiger charge is 2.18. The lowest BCUT2D eigenvalue weighted by molar-refractivity contribution is 0.394. The largest absolute Gasteiger partial charge is 0.496 e. The topological polar surface area (TPSA) is 36.9 Å². The Balaban J connectivity index is 2.29. The summed E-state index contributed by atoms with van der Waals surface area (Å²) in [4.78, 5) is 0. The van der Waals surface area contributed by atoms with Crippen LogP contribution in [-0.2, 0) is 0 Å².